The first-order chi connectivity index (χ1) is 15.0. The fourth-order valence-electron chi connectivity index (χ4n) is 3.30. The zero-order valence-electron chi connectivity index (χ0n) is 16.8. The number of ether oxygens (including phenoxy) is 2. The van der Waals surface area contributed by atoms with Crippen LogP contribution in [-0.4, -0.2) is 30.9 Å². The lowest BCUT2D eigenvalue weighted by molar-refractivity contribution is -0.140. The third-order valence-electron chi connectivity index (χ3n) is 4.74. The molecule has 0 fully saturated rings. The van der Waals surface area contributed by atoms with Crippen molar-refractivity contribution in [3.8, 4) is 0 Å². The van der Waals surface area contributed by atoms with Crippen molar-refractivity contribution in [2.24, 2.45) is 4.99 Å². The average molecular weight is 519 g/mol. The standard InChI is InChI=1S/C22H19BrN2O4S2/c1-13-18(21(27)29-10-9-28-2)19(16-4-3-11-30-16)25-20(26)17(31-22(25)24-13)12-14-5-7-15(23)8-6-14/h3-8,11-12,19H,9-10H2,1-2H3. The second-order valence-corrected chi connectivity index (χ2v) is 9.68. The summed E-state index contributed by atoms with van der Waals surface area (Å²) in [6.45, 7) is 2.21. The molecule has 3 aromatic rings. The van der Waals surface area contributed by atoms with E-state index in [0.29, 0.717) is 27.2 Å². The number of allylic oxidation sites excluding steroid dienone is 1. The van der Waals surface area contributed by atoms with Crippen LogP contribution in [0.1, 0.15) is 23.4 Å². The summed E-state index contributed by atoms with van der Waals surface area (Å²) in [6.07, 6.45) is 1.84. The van der Waals surface area contributed by atoms with E-state index in [4.69, 9.17) is 9.47 Å². The smallest absolute Gasteiger partial charge is 0.338 e. The van der Waals surface area contributed by atoms with Gasteiger partial charge < -0.3 is 9.47 Å². The first-order valence-electron chi connectivity index (χ1n) is 9.47. The van der Waals surface area contributed by atoms with Crippen LogP contribution in [-0.2, 0) is 14.3 Å². The molecule has 1 unspecified atom stereocenters. The Hall–Kier alpha value is -2.33. The van der Waals surface area contributed by atoms with Gasteiger partial charge in [0.05, 0.1) is 22.4 Å². The van der Waals surface area contributed by atoms with E-state index in [2.05, 4.69) is 20.9 Å². The van der Waals surface area contributed by atoms with Gasteiger partial charge in [-0.05, 0) is 42.1 Å². The molecule has 0 bridgehead atoms. The van der Waals surface area contributed by atoms with Crippen LogP contribution < -0.4 is 14.9 Å². The molecule has 0 saturated heterocycles. The minimum absolute atomic E-state index is 0.136. The number of benzene rings is 1. The Morgan fingerprint density at radius 3 is 2.71 bits per heavy atom. The lowest BCUT2D eigenvalue weighted by Crippen LogP contribution is -2.39. The zero-order valence-corrected chi connectivity index (χ0v) is 20.1. The predicted octanol–water partition coefficient (Wildman–Crippen LogP) is 3.25. The van der Waals surface area contributed by atoms with Crippen molar-refractivity contribution in [3.05, 3.63) is 87.6 Å². The van der Waals surface area contributed by atoms with Gasteiger partial charge in [-0.1, -0.05) is 45.5 Å². The van der Waals surface area contributed by atoms with Crippen LogP contribution in [0.4, 0.5) is 0 Å². The van der Waals surface area contributed by atoms with Crippen molar-refractivity contribution < 1.29 is 14.3 Å². The van der Waals surface area contributed by atoms with Gasteiger partial charge in [0.1, 0.15) is 12.6 Å². The summed E-state index contributed by atoms with van der Waals surface area (Å²) < 4.78 is 13.5. The lowest BCUT2D eigenvalue weighted by atomic mass is 10.0. The highest BCUT2D eigenvalue weighted by atomic mass is 79.9. The number of nitrogens with zero attached hydrogens (tertiary/aromatic N) is 2. The van der Waals surface area contributed by atoms with Crippen LogP contribution in [0.25, 0.3) is 6.08 Å². The third kappa shape index (κ3) is 4.50. The normalized spacial score (nSPS) is 16.2. The summed E-state index contributed by atoms with van der Waals surface area (Å²) >= 11 is 6.23. The van der Waals surface area contributed by atoms with E-state index in [1.54, 1.807) is 18.6 Å². The quantitative estimate of drug-likeness (QED) is 0.371. The third-order valence-corrected chi connectivity index (χ3v) is 7.18. The highest BCUT2D eigenvalue weighted by molar-refractivity contribution is 9.10. The average Bonchev–Trinajstić information content (AvgIpc) is 3.38. The number of hydrogen-bond donors (Lipinski definition) is 0. The van der Waals surface area contributed by atoms with Gasteiger partial charge in [-0.2, -0.15) is 0 Å². The maximum absolute atomic E-state index is 13.4. The molecule has 0 N–H and O–H groups in total. The lowest BCUT2D eigenvalue weighted by Gasteiger charge is -2.23. The summed E-state index contributed by atoms with van der Waals surface area (Å²) in [5.41, 5.74) is 1.66. The van der Waals surface area contributed by atoms with Gasteiger partial charge in [-0.15, -0.1) is 11.3 Å². The van der Waals surface area contributed by atoms with Gasteiger partial charge in [-0.25, -0.2) is 9.79 Å². The molecule has 6 nitrogen and oxygen atoms in total. The van der Waals surface area contributed by atoms with Crippen LogP contribution in [0.15, 0.2) is 67.3 Å². The molecule has 160 valence electrons. The minimum atomic E-state index is -0.571. The highest BCUT2D eigenvalue weighted by Gasteiger charge is 2.33. The van der Waals surface area contributed by atoms with Crippen LogP contribution in [0.2, 0.25) is 0 Å². The minimum Gasteiger partial charge on any atom is -0.460 e. The van der Waals surface area contributed by atoms with Crippen LogP contribution in [0.3, 0.4) is 0 Å². The van der Waals surface area contributed by atoms with Crippen molar-refractivity contribution >= 4 is 50.6 Å². The van der Waals surface area contributed by atoms with E-state index < -0.39 is 12.0 Å². The van der Waals surface area contributed by atoms with E-state index in [9.17, 15) is 9.59 Å². The van der Waals surface area contributed by atoms with Gasteiger partial charge in [-0.3, -0.25) is 9.36 Å². The summed E-state index contributed by atoms with van der Waals surface area (Å²) in [6, 6.07) is 11.0. The first kappa shape index (κ1) is 21.9. The summed E-state index contributed by atoms with van der Waals surface area (Å²) in [4.78, 5) is 32.4. The Morgan fingerprint density at radius 2 is 2.03 bits per heavy atom. The number of carbonyl (C=O) groups excluding carboxylic acids is 1. The van der Waals surface area contributed by atoms with Gasteiger partial charge in [0.2, 0.25) is 0 Å². The Labute approximate surface area is 194 Å². The van der Waals surface area contributed by atoms with E-state index >= 15 is 0 Å². The molecule has 1 aromatic carbocycles. The molecule has 3 heterocycles. The van der Waals surface area contributed by atoms with Gasteiger partial charge in [0.25, 0.3) is 5.56 Å². The molecule has 0 saturated carbocycles. The topological polar surface area (TPSA) is 69.9 Å². The molecule has 1 aliphatic rings. The van der Waals surface area contributed by atoms with Crippen LogP contribution >= 0.6 is 38.6 Å². The van der Waals surface area contributed by atoms with Crippen molar-refractivity contribution in [3.63, 3.8) is 0 Å². The van der Waals surface area contributed by atoms with E-state index in [1.165, 1.54) is 22.7 Å². The number of esters is 1. The molecule has 0 radical (unpaired) electrons. The number of hydrogen-bond acceptors (Lipinski definition) is 7. The second kappa shape index (κ2) is 9.44. The predicted molar refractivity (Wildman–Crippen MR) is 125 cm³/mol. The molecule has 1 atom stereocenters. The number of thiazole rings is 1. The zero-order chi connectivity index (χ0) is 22.0. The SMILES string of the molecule is COCCOC(=O)C1=C(C)N=c2sc(=Cc3ccc(Br)cc3)c(=O)n2C1c1cccs1. The number of rotatable bonds is 6. The number of carbonyl (C=O) groups is 1. The van der Waals surface area contributed by atoms with Crippen LogP contribution in [0, 0.1) is 0 Å². The van der Waals surface area contributed by atoms with Crippen LogP contribution in [0.5, 0.6) is 0 Å². The summed E-state index contributed by atoms with van der Waals surface area (Å²) in [5.74, 6) is -0.487. The molecule has 9 heteroatoms. The van der Waals surface area contributed by atoms with Crippen molar-refractivity contribution in [1.82, 2.24) is 4.57 Å². The molecule has 4 rings (SSSR count). The molecule has 31 heavy (non-hydrogen) atoms. The fourth-order valence-corrected chi connectivity index (χ4v) is 5.44. The first-order valence-corrected chi connectivity index (χ1v) is 12.0. The molecule has 0 aliphatic carbocycles. The Bertz CT molecular complexity index is 1300. The van der Waals surface area contributed by atoms with Crippen molar-refractivity contribution in [1.29, 1.82) is 0 Å². The molecule has 2 aromatic heterocycles. The van der Waals surface area contributed by atoms with Crippen molar-refractivity contribution in [2.75, 3.05) is 20.3 Å². The highest BCUT2D eigenvalue weighted by Crippen LogP contribution is 2.33. The largest absolute Gasteiger partial charge is 0.460 e. The van der Waals surface area contributed by atoms with Gasteiger partial charge in [0.15, 0.2) is 4.80 Å². The monoisotopic (exact) mass is 518 g/mol. The number of halogens is 1. The molecule has 1 aliphatic heterocycles. The van der Waals surface area contributed by atoms with Gasteiger partial charge >= 0.3 is 5.97 Å². The van der Waals surface area contributed by atoms with E-state index in [-0.39, 0.29) is 12.2 Å². The number of fused-ring (bicyclic) bond motifs is 1. The summed E-state index contributed by atoms with van der Waals surface area (Å²) in [7, 11) is 1.55. The Morgan fingerprint density at radius 1 is 1.26 bits per heavy atom. The van der Waals surface area contributed by atoms with Gasteiger partial charge in [0, 0.05) is 16.5 Å². The maximum Gasteiger partial charge on any atom is 0.338 e. The fraction of sp³-hybridized carbons (Fsp3) is 0.227. The van der Waals surface area contributed by atoms with E-state index in [0.717, 1.165) is 14.9 Å². The summed E-state index contributed by atoms with van der Waals surface area (Å²) in [5, 5.41) is 1.93. The molecular formula is C22H19BrN2O4S2. The number of methoxy groups -OCH3 is 1. The van der Waals surface area contributed by atoms with E-state index in [1.807, 2.05) is 47.9 Å². The Kier molecular flexibility index (Phi) is 6.66. The molecule has 0 amide bonds. The number of thiophene rings is 1. The maximum atomic E-state index is 13.4. The molecular weight excluding hydrogens is 500 g/mol. The Balaban J connectivity index is 1.84. The molecule has 0 spiro atoms. The van der Waals surface area contributed by atoms with Crippen molar-refractivity contribution in [2.45, 2.75) is 13.0 Å². The number of aromatic nitrogens is 1. The second-order valence-electron chi connectivity index (χ2n) is 6.78.